The SMILES string of the molecule is C[C@](O)(CC(=O)O)c1cccs1. The Hall–Kier alpha value is -0.870. The molecule has 0 bridgehead atoms. The van der Waals surface area contributed by atoms with Crippen molar-refractivity contribution in [1.29, 1.82) is 0 Å². The Morgan fingerprint density at radius 1 is 1.75 bits per heavy atom. The number of aliphatic hydroxyl groups is 1. The van der Waals surface area contributed by atoms with Crippen LogP contribution >= 0.6 is 11.3 Å². The maximum atomic E-state index is 10.4. The third-order valence-electron chi connectivity index (χ3n) is 1.55. The maximum absolute atomic E-state index is 10.4. The highest BCUT2D eigenvalue weighted by molar-refractivity contribution is 7.10. The zero-order valence-corrected chi connectivity index (χ0v) is 7.47. The highest BCUT2D eigenvalue weighted by Crippen LogP contribution is 2.28. The van der Waals surface area contributed by atoms with Gasteiger partial charge >= 0.3 is 5.97 Å². The molecule has 1 aromatic rings. The predicted octanol–water partition coefficient (Wildman–Crippen LogP) is 1.43. The summed E-state index contributed by atoms with van der Waals surface area (Å²) in [7, 11) is 0. The third-order valence-corrected chi connectivity index (χ3v) is 2.67. The van der Waals surface area contributed by atoms with Crippen LogP contribution in [0.2, 0.25) is 0 Å². The lowest BCUT2D eigenvalue weighted by molar-refractivity contribution is -0.142. The van der Waals surface area contributed by atoms with Crippen LogP contribution in [0.15, 0.2) is 17.5 Å². The molecule has 4 heteroatoms. The second-order valence-electron chi connectivity index (χ2n) is 2.82. The van der Waals surface area contributed by atoms with E-state index in [1.807, 2.05) is 5.38 Å². The Balaban J connectivity index is 2.79. The summed E-state index contributed by atoms with van der Waals surface area (Å²) in [6.45, 7) is 1.51. The molecule has 0 aliphatic carbocycles. The lowest BCUT2D eigenvalue weighted by Crippen LogP contribution is -2.23. The Morgan fingerprint density at radius 2 is 2.42 bits per heavy atom. The van der Waals surface area contributed by atoms with Gasteiger partial charge in [-0.25, -0.2) is 0 Å². The van der Waals surface area contributed by atoms with E-state index in [1.54, 1.807) is 12.1 Å². The van der Waals surface area contributed by atoms with Gasteiger partial charge in [-0.2, -0.15) is 0 Å². The number of carbonyl (C=O) groups is 1. The molecule has 0 unspecified atom stereocenters. The van der Waals surface area contributed by atoms with E-state index < -0.39 is 11.6 Å². The topological polar surface area (TPSA) is 57.5 Å². The van der Waals surface area contributed by atoms with Crippen LogP contribution in [0, 0.1) is 0 Å². The predicted molar refractivity (Wildman–Crippen MR) is 46.1 cm³/mol. The number of hydrogen-bond acceptors (Lipinski definition) is 3. The minimum atomic E-state index is -1.24. The van der Waals surface area contributed by atoms with Gasteiger partial charge in [0.1, 0.15) is 5.60 Å². The van der Waals surface area contributed by atoms with E-state index in [9.17, 15) is 9.90 Å². The van der Waals surface area contributed by atoms with Crippen LogP contribution in [0.5, 0.6) is 0 Å². The first-order valence-corrected chi connectivity index (χ1v) is 4.38. The molecule has 0 amide bonds. The lowest BCUT2D eigenvalue weighted by Gasteiger charge is -2.18. The molecule has 0 fully saturated rings. The van der Waals surface area contributed by atoms with E-state index >= 15 is 0 Å². The molecule has 1 heterocycles. The van der Waals surface area contributed by atoms with Gasteiger partial charge in [0.2, 0.25) is 0 Å². The van der Waals surface area contributed by atoms with Gasteiger partial charge < -0.3 is 10.2 Å². The van der Waals surface area contributed by atoms with Crippen molar-refractivity contribution in [2.75, 3.05) is 0 Å². The number of rotatable bonds is 3. The first-order valence-electron chi connectivity index (χ1n) is 3.50. The smallest absolute Gasteiger partial charge is 0.306 e. The largest absolute Gasteiger partial charge is 0.481 e. The second kappa shape index (κ2) is 3.25. The average molecular weight is 186 g/mol. The van der Waals surface area contributed by atoms with Crippen molar-refractivity contribution in [2.24, 2.45) is 0 Å². The van der Waals surface area contributed by atoms with Crippen molar-refractivity contribution in [3.63, 3.8) is 0 Å². The normalized spacial score (nSPS) is 15.5. The van der Waals surface area contributed by atoms with Crippen LogP contribution in [-0.4, -0.2) is 16.2 Å². The number of hydrogen-bond donors (Lipinski definition) is 2. The molecule has 12 heavy (non-hydrogen) atoms. The van der Waals surface area contributed by atoms with Gasteiger partial charge in [-0.3, -0.25) is 4.79 Å². The third kappa shape index (κ3) is 2.06. The molecule has 0 saturated carbocycles. The van der Waals surface area contributed by atoms with Gasteiger partial charge in [0.25, 0.3) is 0 Å². The first kappa shape index (κ1) is 9.22. The fraction of sp³-hybridized carbons (Fsp3) is 0.375. The van der Waals surface area contributed by atoms with Gasteiger partial charge in [-0.1, -0.05) is 6.07 Å². The monoisotopic (exact) mass is 186 g/mol. The van der Waals surface area contributed by atoms with Crippen molar-refractivity contribution >= 4 is 17.3 Å². The van der Waals surface area contributed by atoms with Gasteiger partial charge in [0.05, 0.1) is 6.42 Å². The van der Waals surface area contributed by atoms with E-state index in [-0.39, 0.29) is 6.42 Å². The summed E-state index contributed by atoms with van der Waals surface area (Å²) in [5.74, 6) is -0.992. The summed E-state index contributed by atoms with van der Waals surface area (Å²) >= 11 is 1.36. The van der Waals surface area contributed by atoms with Crippen molar-refractivity contribution in [2.45, 2.75) is 18.9 Å². The highest BCUT2D eigenvalue weighted by atomic mass is 32.1. The van der Waals surface area contributed by atoms with Gasteiger partial charge in [0.15, 0.2) is 0 Å². The molecule has 1 rings (SSSR count). The Bertz CT molecular complexity index is 264. The molecule has 66 valence electrons. The molecule has 1 aromatic heterocycles. The van der Waals surface area contributed by atoms with Crippen molar-refractivity contribution in [3.05, 3.63) is 22.4 Å². The van der Waals surface area contributed by atoms with E-state index in [1.165, 1.54) is 18.3 Å². The zero-order valence-electron chi connectivity index (χ0n) is 6.65. The second-order valence-corrected chi connectivity index (χ2v) is 3.77. The fourth-order valence-corrected chi connectivity index (χ4v) is 1.75. The minimum Gasteiger partial charge on any atom is -0.481 e. The van der Waals surface area contributed by atoms with Crippen LogP contribution in [-0.2, 0) is 10.4 Å². The van der Waals surface area contributed by atoms with Crippen molar-refractivity contribution < 1.29 is 15.0 Å². The number of carboxylic acids is 1. The molecule has 1 atom stereocenters. The molecule has 0 saturated heterocycles. The standard InChI is InChI=1S/C8H10O3S/c1-8(11,5-7(9)10)6-3-2-4-12-6/h2-4,11H,5H2,1H3,(H,9,10)/t8-/m0/s1. The Morgan fingerprint density at radius 3 is 2.83 bits per heavy atom. The molecular weight excluding hydrogens is 176 g/mol. The molecule has 2 N–H and O–H groups in total. The van der Waals surface area contributed by atoms with Crippen LogP contribution in [0.3, 0.4) is 0 Å². The number of carboxylic acid groups (broad SMARTS) is 1. The van der Waals surface area contributed by atoms with Crippen LogP contribution in [0.1, 0.15) is 18.2 Å². The summed E-state index contributed by atoms with van der Waals surface area (Å²) in [5.41, 5.74) is -1.24. The van der Waals surface area contributed by atoms with E-state index in [0.717, 1.165) is 0 Å². The summed E-state index contributed by atoms with van der Waals surface area (Å²) in [4.78, 5) is 11.0. The van der Waals surface area contributed by atoms with Gasteiger partial charge in [0, 0.05) is 4.88 Å². The van der Waals surface area contributed by atoms with Crippen LogP contribution in [0.25, 0.3) is 0 Å². The average Bonchev–Trinajstić information content (AvgIpc) is 2.32. The van der Waals surface area contributed by atoms with Crippen LogP contribution in [0.4, 0.5) is 0 Å². The summed E-state index contributed by atoms with van der Waals surface area (Å²) < 4.78 is 0. The molecule has 0 spiro atoms. The van der Waals surface area contributed by atoms with E-state index in [2.05, 4.69) is 0 Å². The van der Waals surface area contributed by atoms with Crippen molar-refractivity contribution in [1.82, 2.24) is 0 Å². The molecule has 0 aliphatic heterocycles. The fourth-order valence-electron chi connectivity index (χ4n) is 0.967. The highest BCUT2D eigenvalue weighted by Gasteiger charge is 2.27. The quantitative estimate of drug-likeness (QED) is 0.750. The van der Waals surface area contributed by atoms with Crippen LogP contribution < -0.4 is 0 Å². The molecule has 0 aliphatic rings. The molecule has 0 aromatic carbocycles. The summed E-state index contributed by atoms with van der Waals surface area (Å²) in [6.07, 6.45) is -0.256. The molecular formula is C8H10O3S. The lowest BCUT2D eigenvalue weighted by atomic mass is 10.0. The number of aliphatic carboxylic acids is 1. The maximum Gasteiger partial charge on any atom is 0.306 e. The van der Waals surface area contributed by atoms with Crippen molar-refractivity contribution in [3.8, 4) is 0 Å². The summed E-state index contributed by atoms with van der Waals surface area (Å²) in [6, 6.07) is 3.52. The molecule has 3 nitrogen and oxygen atoms in total. The van der Waals surface area contributed by atoms with E-state index in [0.29, 0.717) is 4.88 Å². The van der Waals surface area contributed by atoms with Gasteiger partial charge in [-0.15, -0.1) is 11.3 Å². The number of thiophene rings is 1. The summed E-state index contributed by atoms with van der Waals surface area (Å²) in [5, 5.41) is 20.0. The zero-order chi connectivity index (χ0) is 9.19. The van der Waals surface area contributed by atoms with Gasteiger partial charge in [-0.05, 0) is 18.4 Å². The Labute approximate surface area is 74.3 Å². The van der Waals surface area contributed by atoms with E-state index in [4.69, 9.17) is 5.11 Å². The first-order chi connectivity index (χ1) is 5.52. The molecule has 0 radical (unpaired) electrons. The Kier molecular flexibility index (Phi) is 2.49. The minimum absolute atomic E-state index is 0.256.